The third-order valence-corrected chi connectivity index (χ3v) is 2.20. The second-order valence-electron chi connectivity index (χ2n) is 3.20. The third-order valence-electron chi connectivity index (χ3n) is 2.20. The standard InChI is InChI=1S/C8H12N4/c9-6-8(1-2-8)12-7-5-10-3-4-11-7/h3-5H,1-2,6,9H2,(H,11,12). The van der Waals surface area contributed by atoms with Gasteiger partial charge in [-0.15, -0.1) is 0 Å². The highest BCUT2D eigenvalue weighted by molar-refractivity contribution is 5.37. The lowest BCUT2D eigenvalue weighted by Crippen LogP contribution is -2.31. The van der Waals surface area contributed by atoms with Crippen molar-refractivity contribution in [3.8, 4) is 0 Å². The Morgan fingerprint density at radius 1 is 1.50 bits per heavy atom. The van der Waals surface area contributed by atoms with Crippen molar-refractivity contribution in [1.29, 1.82) is 0 Å². The van der Waals surface area contributed by atoms with Crippen LogP contribution in [0, 0.1) is 0 Å². The molecule has 0 radical (unpaired) electrons. The lowest BCUT2D eigenvalue weighted by atomic mass is 10.3. The maximum absolute atomic E-state index is 5.61. The van der Waals surface area contributed by atoms with Crippen molar-refractivity contribution >= 4 is 5.82 Å². The molecule has 12 heavy (non-hydrogen) atoms. The van der Waals surface area contributed by atoms with Gasteiger partial charge in [0, 0.05) is 18.9 Å². The molecule has 0 aliphatic heterocycles. The number of aromatic nitrogens is 2. The van der Waals surface area contributed by atoms with Crippen LogP contribution in [-0.4, -0.2) is 22.1 Å². The van der Waals surface area contributed by atoms with Gasteiger partial charge >= 0.3 is 0 Å². The van der Waals surface area contributed by atoms with Crippen LogP contribution in [0.3, 0.4) is 0 Å². The van der Waals surface area contributed by atoms with Crippen LogP contribution in [0.4, 0.5) is 5.82 Å². The predicted octanol–water partition coefficient (Wildman–Crippen LogP) is 0.380. The van der Waals surface area contributed by atoms with Gasteiger partial charge in [-0.05, 0) is 12.8 Å². The summed E-state index contributed by atoms with van der Waals surface area (Å²) in [6, 6.07) is 0. The van der Waals surface area contributed by atoms with E-state index in [-0.39, 0.29) is 5.54 Å². The molecule has 1 aromatic heterocycles. The van der Waals surface area contributed by atoms with Crippen LogP contribution in [0.2, 0.25) is 0 Å². The van der Waals surface area contributed by atoms with E-state index in [1.165, 1.54) is 0 Å². The summed E-state index contributed by atoms with van der Waals surface area (Å²) in [6.45, 7) is 0.670. The zero-order chi connectivity index (χ0) is 8.44. The predicted molar refractivity (Wildman–Crippen MR) is 46.7 cm³/mol. The maximum atomic E-state index is 5.61. The molecule has 1 saturated carbocycles. The van der Waals surface area contributed by atoms with Crippen molar-refractivity contribution in [3.63, 3.8) is 0 Å². The van der Waals surface area contributed by atoms with Crippen LogP contribution in [0.15, 0.2) is 18.6 Å². The SMILES string of the molecule is NCC1(Nc2cnccn2)CC1. The highest BCUT2D eigenvalue weighted by Gasteiger charge is 2.41. The van der Waals surface area contributed by atoms with E-state index >= 15 is 0 Å². The fourth-order valence-corrected chi connectivity index (χ4v) is 1.17. The molecule has 1 heterocycles. The van der Waals surface area contributed by atoms with E-state index in [1.54, 1.807) is 18.6 Å². The molecule has 3 N–H and O–H groups in total. The third kappa shape index (κ3) is 1.38. The Hall–Kier alpha value is -1.16. The smallest absolute Gasteiger partial charge is 0.144 e. The fourth-order valence-electron chi connectivity index (χ4n) is 1.17. The second kappa shape index (κ2) is 2.71. The van der Waals surface area contributed by atoms with Gasteiger partial charge in [-0.2, -0.15) is 0 Å². The topological polar surface area (TPSA) is 63.8 Å². The molecular formula is C8H12N4. The van der Waals surface area contributed by atoms with E-state index < -0.39 is 0 Å². The first kappa shape index (κ1) is 7.49. The van der Waals surface area contributed by atoms with E-state index in [0.29, 0.717) is 6.54 Å². The van der Waals surface area contributed by atoms with Crippen molar-refractivity contribution < 1.29 is 0 Å². The van der Waals surface area contributed by atoms with Crippen molar-refractivity contribution in [2.45, 2.75) is 18.4 Å². The van der Waals surface area contributed by atoms with Gasteiger partial charge in [0.25, 0.3) is 0 Å². The summed E-state index contributed by atoms with van der Waals surface area (Å²) in [7, 11) is 0. The summed E-state index contributed by atoms with van der Waals surface area (Å²) in [6.07, 6.45) is 7.33. The maximum Gasteiger partial charge on any atom is 0.144 e. The molecule has 0 aromatic carbocycles. The summed E-state index contributed by atoms with van der Waals surface area (Å²) in [4.78, 5) is 8.09. The normalized spacial score (nSPS) is 18.8. The van der Waals surface area contributed by atoms with E-state index in [9.17, 15) is 0 Å². The fraction of sp³-hybridized carbons (Fsp3) is 0.500. The highest BCUT2D eigenvalue weighted by atomic mass is 15.1. The summed E-state index contributed by atoms with van der Waals surface area (Å²) in [5.41, 5.74) is 5.73. The van der Waals surface area contributed by atoms with Crippen LogP contribution in [0.25, 0.3) is 0 Å². The first-order valence-corrected chi connectivity index (χ1v) is 4.09. The molecule has 2 rings (SSSR count). The van der Waals surface area contributed by atoms with Gasteiger partial charge in [-0.1, -0.05) is 0 Å². The average Bonchev–Trinajstić information content (AvgIpc) is 2.88. The molecule has 0 atom stereocenters. The number of hydrogen-bond acceptors (Lipinski definition) is 4. The van der Waals surface area contributed by atoms with Gasteiger partial charge < -0.3 is 11.1 Å². The number of rotatable bonds is 3. The molecule has 1 aliphatic rings. The summed E-state index contributed by atoms with van der Waals surface area (Å²) in [5.74, 6) is 0.820. The van der Waals surface area contributed by atoms with Gasteiger partial charge in [0.05, 0.1) is 11.7 Å². The second-order valence-corrected chi connectivity index (χ2v) is 3.20. The molecule has 64 valence electrons. The minimum atomic E-state index is 0.121. The first-order chi connectivity index (χ1) is 5.85. The van der Waals surface area contributed by atoms with Crippen LogP contribution in [-0.2, 0) is 0 Å². The number of nitrogens with two attached hydrogens (primary N) is 1. The molecule has 0 bridgehead atoms. The molecule has 0 unspecified atom stereocenters. The molecule has 0 saturated heterocycles. The lowest BCUT2D eigenvalue weighted by Gasteiger charge is -2.14. The first-order valence-electron chi connectivity index (χ1n) is 4.09. The zero-order valence-corrected chi connectivity index (χ0v) is 6.83. The molecule has 0 amide bonds. The molecule has 1 fully saturated rings. The Labute approximate surface area is 71.2 Å². The van der Waals surface area contributed by atoms with Crippen molar-refractivity contribution in [3.05, 3.63) is 18.6 Å². The Morgan fingerprint density at radius 2 is 2.33 bits per heavy atom. The van der Waals surface area contributed by atoms with Crippen LogP contribution < -0.4 is 11.1 Å². The van der Waals surface area contributed by atoms with Crippen molar-refractivity contribution in [2.75, 3.05) is 11.9 Å². The van der Waals surface area contributed by atoms with Gasteiger partial charge in [-0.3, -0.25) is 4.98 Å². The molecule has 0 spiro atoms. The van der Waals surface area contributed by atoms with E-state index in [1.807, 2.05) is 0 Å². The minimum Gasteiger partial charge on any atom is -0.362 e. The Balaban J connectivity index is 2.04. The van der Waals surface area contributed by atoms with E-state index in [2.05, 4.69) is 15.3 Å². The number of nitrogens with one attached hydrogen (secondary N) is 1. The van der Waals surface area contributed by atoms with Crippen LogP contribution in [0.1, 0.15) is 12.8 Å². The molecule has 1 aliphatic carbocycles. The number of hydrogen-bond donors (Lipinski definition) is 2. The lowest BCUT2D eigenvalue weighted by molar-refractivity contribution is 0.736. The molecular weight excluding hydrogens is 152 g/mol. The summed E-state index contributed by atoms with van der Waals surface area (Å²) < 4.78 is 0. The average molecular weight is 164 g/mol. The Kier molecular flexibility index (Phi) is 1.69. The van der Waals surface area contributed by atoms with Gasteiger partial charge in [0.15, 0.2) is 0 Å². The minimum absolute atomic E-state index is 0.121. The highest BCUT2D eigenvalue weighted by Crippen LogP contribution is 2.36. The van der Waals surface area contributed by atoms with Gasteiger partial charge in [-0.25, -0.2) is 4.98 Å². The van der Waals surface area contributed by atoms with Gasteiger partial charge in [0.1, 0.15) is 5.82 Å². The van der Waals surface area contributed by atoms with E-state index in [4.69, 9.17) is 5.73 Å². The zero-order valence-electron chi connectivity index (χ0n) is 6.83. The monoisotopic (exact) mass is 164 g/mol. The largest absolute Gasteiger partial charge is 0.362 e. The molecule has 4 nitrogen and oxygen atoms in total. The summed E-state index contributed by atoms with van der Waals surface area (Å²) in [5, 5.41) is 3.28. The Bertz CT molecular complexity index is 255. The summed E-state index contributed by atoms with van der Waals surface area (Å²) >= 11 is 0. The van der Waals surface area contributed by atoms with Crippen molar-refractivity contribution in [1.82, 2.24) is 9.97 Å². The number of anilines is 1. The van der Waals surface area contributed by atoms with Crippen LogP contribution >= 0.6 is 0 Å². The molecule has 1 aromatic rings. The van der Waals surface area contributed by atoms with E-state index in [0.717, 1.165) is 18.7 Å². The number of nitrogens with zero attached hydrogens (tertiary/aromatic N) is 2. The van der Waals surface area contributed by atoms with Crippen LogP contribution in [0.5, 0.6) is 0 Å². The Morgan fingerprint density at radius 3 is 2.83 bits per heavy atom. The van der Waals surface area contributed by atoms with Gasteiger partial charge in [0.2, 0.25) is 0 Å². The molecule has 4 heteroatoms. The van der Waals surface area contributed by atoms with Crippen molar-refractivity contribution in [2.24, 2.45) is 5.73 Å². The quantitative estimate of drug-likeness (QED) is 0.678.